The van der Waals surface area contributed by atoms with Crippen molar-refractivity contribution < 1.29 is 35.4 Å². The van der Waals surface area contributed by atoms with Crippen molar-refractivity contribution in [2.45, 2.75) is 18.6 Å². The topological polar surface area (TPSA) is 84.7 Å². The third-order valence-corrected chi connectivity index (χ3v) is 3.50. The Morgan fingerprint density at radius 2 is 2.36 bits per heavy atom. The Morgan fingerprint density at radius 1 is 1.39 bits per heavy atom. The summed E-state index contributed by atoms with van der Waals surface area (Å²) in [6.45, 7) is -6.26. The number of ether oxygens (including phenoxy) is 1. The number of carbonyl (C=O) groups is 1. The Balaban J connectivity index is 2.32. The second-order valence-corrected chi connectivity index (χ2v) is 5.47. The number of nitrogens with zero attached hydrogens (tertiary/aromatic N) is 3. The van der Waals surface area contributed by atoms with Crippen molar-refractivity contribution in [3.8, 4) is 5.75 Å². The number of thioether (sulfide) groups is 1. The highest BCUT2D eigenvalue weighted by Gasteiger charge is 2.20. The van der Waals surface area contributed by atoms with Gasteiger partial charge in [0, 0.05) is 20.0 Å². The second kappa shape index (κ2) is 9.14. The molecule has 0 radical (unpaired) electrons. The van der Waals surface area contributed by atoms with E-state index in [9.17, 15) is 4.79 Å². The van der Waals surface area contributed by atoms with Crippen molar-refractivity contribution in [3.63, 3.8) is 0 Å². The van der Waals surface area contributed by atoms with E-state index >= 15 is 0 Å². The predicted octanol–water partition coefficient (Wildman–Crippen LogP) is 4.15. The average molecular weight is 409 g/mol. The summed E-state index contributed by atoms with van der Waals surface area (Å²) in [5.74, 6) is -2.70. The van der Waals surface area contributed by atoms with Crippen LogP contribution in [0.3, 0.4) is 0 Å². The van der Waals surface area contributed by atoms with Crippen LogP contribution in [0.15, 0.2) is 71.0 Å². The summed E-state index contributed by atoms with van der Waals surface area (Å²) in [6, 6.07) is 0.368. The minimum Gasteiger partial charge on any atom is -0.489 e. The molecular weight excluding hydrogens is 374 g/mol. The van der Waals surface area contributed by atoms with E-state index in [0.717, 1.165) is 6.07 Å². The summed E-state index contributed by atoms with van der Waals surface area (Å²) in [5.41, 5.74) is -4.55. The zero-order valence-electron chi connectivity index (χ0n) is 28.8. The highest BCUT2D eigenvalue weighted by atomic mass is 32.2. The summed E-state index contributed by atoms with van der Waals surface area (Å²) < 4.78 is 124. The molecule has 0 unspecified atom stereocenters. The molecule has 0 saturated heterocycles. The van der Waals surface area contributed by atoms with E-state index in [2.05, 4.69) is 20.3 Å². The molecule has 0 fully saturated rings. The van der Waals surface area contributed by atoms with E-state index in [-0.39, 0.29) is 17.8 Å². The number of carbonyl (C=O) groups excluding carboxylic acids is 1. The lowest BCUT2D eigenvalue weighted by molar-refractivity contribution is 0.106. The average Bonchev–Trinajstić information content (AvgIpc) is 2.86. The van der Waals surface area contributed by atoms with Gasteiger partial charge in [-0.05, 0) is 36.2 Å². The van der Waals surface area contributed by atoms with Gasteiger partial charge >= 0.3 is 1.43 Å². The van der Waals surface area contributed by atoms with Crippen LogP contribution in [0.25, 0.3) is 0 Å². The van der Waals surface area contributed by atoms with E-state index in [1.807, 2.05) is 0 Å². The molecule has 0 spiro atoms. The Bertz CT molecular complexity index is 1610. The smallest absolute Gasteiger partial charge is 0.330 e. The number of ketones is 1. The summed E-state index contributed by atoms with van der Waals surface area (Å²) in [6.07, 6.45) is -3.60. The van der Waals surface area contributed by atoms with Crippen LogP contribution in [0.5, 0.6) is 5.75 Å². The first kappa shape index (κ1) is 8.05. The van der Waals surface area contributed by atoms with E-state index < -0.39 is 94.7 Å². The van der Waals surface area contributed by atoms with Crippen molar-refractivity contribution in [1.82, 2.24) is 9.97 Å². The van der Waals surface area contributed by atoms with Crippen LogP contribution in [0.4, 0.5) is 0 Å². The van der Waals surface area contributed by atoms with Gasteiger partial charge in [-0.3, -0.25) is 4.79 Å². The fourth-order valence-electron chi connectivity index (χ4n) is 1.89. The first-order valence-electron chi connectivity index (χ1n) is 14.8. The monoisotopic (exact) mass is 408 g/mol. The number of Topliss-reactive ketones (excluding diaryl/α,β-unsaturated/α-hetero) is 1. The van der Waals surface area contributed by atoms with Crippen molar-refractivity contribution >= 4 is 23.3 Å². The molecule has 3 aromatic rings. The number of rotatable bonds is 8. The van der Waals surface area contributed by atoms with Crippen LogP contribution in [0, 0.1) is 6.85 Å². The van der Waals surface area contributed by atoms with Gasteiger partial charge < -0.3 is 9.95 Å². The van der Waals surface area contributed by atoms with E-state index in [4.69, 9.17) is 25.4 Å². The Kier molecular flexibility index (Phi) is 2.63. The largest absolute Gasteiger partial charge is 0.489 e. The van der Waals surface area contributed by atoms with Crippen molar-refractivity contribution in [3.05, 3.63) is 83.0 Å². The van der Waals surface area contributed by atoms with Gasteiger partial charge in [0.25, 0.3) is 0 Å². The highest BCUT2D eigenvalue weighted by Crippen LogP contribution is 2.22. The van der Waals surface area contributed by atoms with Crippen molar-refractivity contribution in [2.24, 2.45) is 5.16 Å². The molecular formula is C21H19N3O3S. The maximum Gasteiger partial charge on any atom is 0.330 e. The molecule has 0 saturated carbocycles. The number of hydrogen-bond acceptors (Lipinski definition) is 7. The Hall–Kier alpha value is -3.19. The summed E-state index contributed by atoms with van der Waals surface area (Å²) in [5, 5.41) is 6.49. The minimum atomic E-state index is -3.26. The van der Waals surface area contributed by atoms with Gasteiger partial charge in [0.05, 0.1) is 11.0 Å². The number of benzene rings is 2. The molecule has 28 heavy (non-hydrogen) atoms. The lowest BCUT2D eigenvalue weighted by atomic mass is 10.0. The van der Waals surface area contributed by atoms with Crippen LogP contribution in [-0.2, 0) is 6.56 Å². The summed E-state index contributed by atoms with van der Waals surface area (Å²) in [4.78, 5) is 21.0. The SMILES string of the molecule is [2H]ON=C(C(=O)c1c([2H])c([2H])c(C([2H])([2H])[2H])c(OC([2H])([2H])c2ccccc2[2H])c1[2H])c1nc(SC([2H])([2H])[2H])nc([2H])c1[2H]. The molecule has 1 heterocycles. The molecule has 7 heteroatoms. The van der Waals surface area contributed by atoms with Crippen molar-refractivity contribution in [1.29, 1.82) is 0 Å². The maximum atomic E-state index is 13.7. The van der Waals surface area contributed by atoms with Crippen LogP contribution < -0.4 is 4.74 Å². The molecule has 0 aliphatic heterocycles. The zero-order chi connectivity index (χ0) is 32.7. The third kappa shape index (κ3) is 4.55. The molecule has 142 valence electrons. The van der Waals surface area contributed by atoms with Gasteiger partial charge in [-0.2, -0.15) is 0 Å². The third-order valence-electron chi connectivity index (χ3n) is 3.13. The van der Waals surface area contributed by atoms with Gasteiger partial charge in [-0.1, -0.05) is 59.3 Å². The van der Waals surface area contributed by atoms with Crippen LogP contribution >= 0.6 is 11.8 Å². The molecule has 0 bridgehead atoms. The molecule has 6 nitrogen and oxygen atoms in total. The molecule has 1 aromatic heterocycles. The molecule has 3 rings (SSSR count). The van der Waals surface area contributed by atoms with Crippen LogP contribution in [0.1, 0.15) is 46.4 Å². The van der Waals surface area contributed by atoms with Gasteiger partial charge in [0.1, 0.15) is 18.0 Å². The van der Waals surface area contributed by atoms with Crippen LogP contribution in [0.2, 0.25) is 1.43 Å². The van der Waals surface area contributed by atoms with Gasteiger partial charge in [0.2, 0.25) is 5.78 Å². The molecule has 1 N–H and O–H groups in total. The fourth-order valence-corrected chi connectivity index (χ4v) is 2.12. The number of hydrogen-bond donors (Lipinski definition) is 1. The second-order valence-electron chi connectivity index (χ2n) is 4.90. The maximum absolute atomic E-state index is 13.7. The molecule has 0 atom stereocenters. The number of aromatic nitrogens is 2. The molecule has 2 aromatic carbocycles. The molecule has 0 amide bonds. The first-order chi connectivity index (χ1) is 19.7. The van der Waals surface area contributed by atoms with Crippen molar-refractivity contribution in [2.75, 3.05) is 6.18 Å². The van der Waals surface area contributed by atoms with E-state index in [0.29, 0.717) is 0 Å². The first-order valence-corrected chi connectivity index (χ1v) is 8.22. The summed E-state index contributed by atoms with van der Waals surface area (Å²) in [7, 11) is 0. The lowest BCUT2D eigenvalue weighted by Crippen LogP contribution is -2.18. The fraction of sp³-hybridized carbons (Fsp3) is 0.143. The Labute approximate surface area is 188 Å². The molecule has 0 aliphatic rings. The number of oxime groups is 1. The minimum absolute atomic E-state index is 0.0790. The standard InChI is InChI=1S/C21H19N3O3S/c1-14-8-9-16(12-18(14)27-13-15-6-4-3-5-7-15)20(25)19(24-26)17-10-11-22-21(23-17)28-2/h3-12,26H,13H2,1-2H3/i1D3,2D3,6D,8D,9D,10D,11D,12D,13D2/hD. The van der Waals surface area contributed by atoms with Gasteiger partial charge in [0.15, 0.2) is 10.9 Å². The van der Waals surface area contributed by atoms with Gasteiger partial charge in [-0.25, -0.2) is 9.97 Å². The highest BCUT2D eigenvalue weighted by molar-refractivity contribution is 7.98. The van der Waals surface area contributed by atoms with E-state index in [1.165, 1.54) is 18.2 Å². The van der Waals surface area contributed by atoms with Crippen LogP contribution in [-0.4, -0.2) is 32.9 Å². The zero-order valence-corrected chi connectivity index (χ0v) is 14.6. The molecule has 0 aliphatic carbocycles. The normalized spacial score (nSPS) is 20.3. The lowest BCUT2D eigenvalue weighted by Gasteiger charge is -2.11. The quantitative estimate of drug-likeness (QED) is 0.151. The Morgan fingerprint density at radius 3 is 3.18 bits per heavy atom. The summed E-state index contributed by atoms with van der Waals surface area (Å²) >= 11 is 0.0790. The predicted molar refractivity (Wildman–Crippen MR) is 108 cm³/mol. The van der Waals surface area contributed by atoms with Gasteiger partial charge in [-0.15, -0.1) is 0 Å². The van der Waals surface area contributed by atoms with E-state index in [1.54, 1.807) is 0 Å².